The van der Waals surface area contributed by atoms with Crippen molar-refractivity contribution in [3.05, 3.63) is 48.6 Å². The number of carbonyl (C=O) groups excluding carboxylic acids is 3. The van der Waals surface area contributed by atoms with Crippen molar-refractivity contribution in [1.82, 2.24) is 0 Å². The minimum absolute atomic E-state index is 0.0967. The molecule has 0 aromatic carbocycles. The van der Waals surface area contributed by atoms with Crippen LogP contribution in [0.4, 0.5) is 0 Å². The van der Waals surface area contributed by atoms with E-state index in [2.05, 4.69) is 63.3 Å². The van der Waals surface area contributed by atoms with E-state index in [1.165, 1.54) is 161 Å². The SMILES string of the molecule is CCCCCCCC/C=C/C/C=C/CCC(=O)OCC(COC(=O)CCCCCCC/C=C/CCCCCCCCC)OC(=O)CCCCCCC/C=C/CCCCCCCCC. The first kappa shape index (κ1) is 60.4. The van der Waals surface area contributed by atoms with E-state index < -0.39 is 6.10 Å². The Hall–Kier alpha value is -2.63. The molecule has 0 heterocycles. The highest BCUT2D eigenvalue weighted by Gasteiger charge is 2.19. The van der Waals surface area contributed by atoms with Crippen molar-refractivity contribution in [2.24, 2.45) is 0 Å². The minimum atomic E-state index is -0.801. The van der Waals surface area contributed by atoms with E-state index in [-0.39, 0.29) is 37.5 Å². The number of carbonyl (C=O) groups is 3. The summed E-state index contributed by atoms with van der Waals surface area (Å²) in [5.41, 5.74) is 0. The third-order valence-electron chi connectivity index (χ3n) is 11.8. The lowest BCUT2D eigenvalue weighted by Gasteiger charge is -2.18. The van der Waals surface area contributed by atoms with E-state index in [1.807, 2.05) is 6.08 Å². The molecular formula is C57H102O6. The molecule has 366 valence electrons. The Morgan fingerprint density at radius 2 is 0.603 bits per heavy atom. The molecule has 0 aromatic heterocycles. The first-order chi connectivity index (χ1) is 31.0. The smallest absolute Gasteiger partial charge is 0.306 e. The van der Waals surface area contributed by atoms with E-state index in [9.17, 15) is 14.4 Å². The Kier molecular flexibility index (Phi) is 49.8. The molecule has 0 radical (unpaired) electrons. The van der Waals surface area contributed by atoms with Gasteiger partial charge in [-0.2, -0.15) is 0 Å². The van der Waals surface area contributed by atoms with Crippen LogP contribution >= 0.6 is 0 Å². The Balaban J connectivity index is 4.44. The van der Waals surface area contributed by atoms with Gasteiger partial charge >= 0.3 is 17.9 Å². The van der Waals surface area contributed by atoms with Crippen molar-refractivity contribution >= 4 is 17.9 Å². The fourth-order valence-corrected chi connectivity index (χ4v) is 7.66. The van der Waals surface area contributed by atoms with Gasteiger partial charge in [0.1, 0.15) is 13.2 Å². The average molecular weight is 883 g/mol. The number of esters is 3. The zero-order valence-electron chi connectivity index (χ0n) is 41.8. The molecule has 1 unspecified atom stereocenters. The molecule has 0 rings (SSSR count). The van der Waals surface area contributed by atoms with Gasteiger partial charge in [-0.15, -0.1) is 0 Å². The zero-order chi connectivity index (χ0) is 45.8. The molecule has 0 fully saturated rings. The summed E-state index contributed by atoms with van der Waals surface area (Å²) in [5.74, 6) is -0.975. The predicted octanol–water partition coefficient (Wildman–Crippen LogP) is 17.9. The number of hydrogen-bond donors (Lipinski definition) is 0. The quantitative estimate of drug-likeness (QED) is 0.0262. The van der Waals surface area contributed by atoms with E-state index in [4.69, 9.17) is 14.2 Å². The van der Waals surface area contributed by atoms with Gasteiger partial charge < -0.3 is 14.2 Å². The first-order valence-corrected chi connectivity index (χ1v) is 27.1. The predicted molar refractivity (Wildman–Crippen MR) is 270 cm³/mol. The van der Waals surface area contributed by atoms with Gasteiger partial charge in [0.15, 0.2) is 6.10 Å². The second-order valence-electron chi connectivity index (χ2n) is 18.1. The van der Waals surface area contributed by atoms with Crippen molar-refractivity contribution in [1.29, 1.82) is 0 Å². The van der Waals surface area contributed by atoms with Gasteiger partial charge in [0.05, 0.1) is 0 Å². The molecule has 0 aromatic rings. The molecule has 1 atom stereocenters. The van der Waals surface area contributed by atoms with Gasteiger partial charge in [0.25, 0.3) is 0 Å². The van der Waals surface area contributed by atoms with Crippen LogP contribution in [0.15, 0.2) is 48.6 Å². The summed E-state index contributed by atoms with van der Waals surface area (Å²) in [5, 5.41) is 0. The Bertz CT molecular complexity index is 1110. The van der Waals surface area contributed by atoms with E-state index in [0.29, 0.717) is 19.3 Å². The fourth-order valence-electron chi connectivity index (χ4n) is 7.66. The molecule has 6 heteroatoms. The Morgan fingerprint density at radius 1 is 0.317 bits per heavy atom. The molecule has 0 N–H and O–H groups in total. The van der Waals surface area contributed by atoms with Gasteiger partial charge in [0.2, 0.25) is 0 Å². The van der Waals surface area contributed by atoms with Crippen LogP contribution in [0, 0.1) is 0 Å². The van der Waals surface area contributed by atoms with Crippen LogP contribution in [0.3, 0.4) is 0 Å². The number of unbranched alkanes of at least 4 members (excludes halogenated alkanes) is 30. The van der Waals surface area contributed by atoms with Gasteiger partial charge in [-0.1, -0.05) is 217 Å². The molecule has 0 amide bonds. The molecule has 0 bridgehead atoms. The summed E-state index contributed by atoms with van der Waals surface area (Å²) in [7, 11) is 0. The Morgan fingerprint density at radius 3 is 0.984 bits per heavy atom. The van der Waals surface area contributed by atoms with Crippen molar-refractivity contribution in [3.63, 3.8) is 0 Å². The monoisotopic (exact) mass is 883 g/mol. The standard InChI is InChI=1S/C57H102O6/c1-4-7-10-13-16-19-22-25-27-29-32-35-38-41-44-47-50-56(59)62-53-54(52-61-55(58)49-46-43-40-37-34-31-24-21-18-15-12-9-6-3)63-57(60)51-48-45-42-39-36-33-30-28-26-23-20-17-14-11-8-5-2/h27-31,34,40,43,54H,4-26,32-33,35-39,41-42,44-53H2,1-3H3/b29-27+,30-28+,34-31+,43-40+. The minimum Gasteiger partial charge on any atom is -0.462 e. The summed E-state index contributed by atoms with van der Waals surface area (Å²) in [6.45, 7) is 6.58. The van der Waals surface area contributed by atoms with Crippen LogP contribution in [-0.2, 0) is 28.6 Å². The number of ether oxygens (including phenoxy) is 3. The van der Waals surface area contributed by atoms with Crippen molar-refractivity contribution in [3.8, 4) is 0 Å². The van der Waals surface area contributed by atoms with E-state index in [1.54, 1.807) is 0 Å². The van der Waals surface area contributed by atoms with Crippen LogP contribution in [0.5, 0.6) is 0 Å². The topological polar surface area (TPSA) is 78.9 Å². The van der Waals surface area contributed by atoms with Gasteiger partial charge in [-0.05, 0) is 89.9 Å². The molecule has 6 nitrogen and oxygen atoms in total. The molecule has 0 aliphatic rings. The Labute approximate surface area is 390 Å². The second-order valence-corrected chi connectivity index (χ2v) is 18.1. The third kappa shape index (κ3) is 50.2. The highest BCUT2D eigenvalue weighted by Crippen LogP contribution is 2.14. The molecule has 0 aliphatic heterocycles. The molecule has 0 saturated heterocycles. The highest BCUT2D eigenvalue weighted by molar-refractivity contribution is 5.71. The third-order valence-corrected chi connectivity index (χ3v) is 11.8. The lowest BCUT2D eigenvalue weighted by atomic mass is 10.1. The zero-order valence-corrected chi connectivity index (χ0v) is 41.8. The number of allylic oxidation sites excluding steroid dienone is 8. The van der Waals surface area contributed by atoms with Gasteiger partial charge in [0, 0.05) is 19.3 Å². The maximum Gasteiger partial charge on any atom is 0.306 e. The van der Waals surface area contributed by atoms with Crippen LogP contribution in [0.2, 0.25) is 0 Å². The fraction of sp³-hybridized carbons (Fsp3) is 0.807. The average Bonchev–Trinajstić information content (AvgIpc) is 3.28. The maximum atomic E-state index is 12.8. The van der Waals surface area contributed by atoms with Crippen LogP contribution in [0.1, 0.15) is 278 Å². The molecule has 0 spiro atoms. The largest absolute Gasteiger partial charge is 0.462 e. The first-order valence-electron chi connectivity index (χ1n) is 27.1. The molecule has 63 heavy (non-hydrogen) atoms. The highest BCUT2D eigenvalue weighted by atomic mass is 16.6. The van der Waals surface area contributed by atoms with Crippen molar-refractivity contribution < 1.29 is 28.6 Å². The lowest BCUT2D eigenvalue weighted by molar-refractivity contribution is -0.166. The number of hydrogen-bond acceptors (Lipinski definition) is 6. The summed E-state index contributed by atoms with van der Waals surface area (Å²) < 4.78 is 16.7. The van der Waals surface area contributed by atoms with Crippen LogP contribution in [-0.4, -0.2) is 37.2 Å². The summed E-state index contributed by atoms with van der Waals surface area (Å²) >= 11 is 0. The second kappa shape index (κ2) is 52.0. The van der Waals surface area contributed by atoms with Gasteiger partial charge in [-0.3, -0.25) is 14.4 Å². The summed E-state index contributed by atoms with van der Waals surface area (Å²) in [6.07, 6.45) is 62.5. The lowest BCUT2D eigenvalue weighted by Crippen LogP contribution is -2.30. The van der Waals surface area contributed by atoms with Crippen molar-refractivity contribution in [2.75, 3.05) is 13.2 Å². The summed E-state index contributed by atoms with van der Waals surface area (Å²) in [6, 6.07) is 0. The molecule has 0 aliphatic carbocycles. The summed E-state index contributed by atoms with van der Waals surface area (Å²) in [4.78, 5) is 38.0. The number of rotatable bonds is 49. The normalized spacial score (nSPS) is 12.4. The van der Waals surface area contributed by atoms with Crippen LogP contribution < -0.4 is 0 Å². The van der Waals surface area contributed by atoms with Gasteiger partial charge in [-0.25, -0.2) is 0 Å². The maximum absolute atomic E-state index is 12.8. The molecule has 0 saturated carbocycles. The van der Waals surface area contributed by atoms with Crippen LogP contribution in [0.25, 0.3) is 0 Å². The van der Waals surface area contributed by atoms with E-state index in [0.717, 1.165) is 70.6 Å². The van der Waals surface area contributed by atoms with Crippen molar-refractivity contribution in [2.45, 2.75) is 284 Å². The molecular weight excluding hydrogens is 781 g/mol. The van der Waals surface area contributed by atoms with E-state index >= 15 is 0 Å².